The fourth-order valence-electron chi connectivity index (χ4n) is 7.32. The lowest BCUT2D eigenvalue weighted by Crippen LogP contribution is -2.49. The van der Waals surface area contributed by atoms with Crippen LogP contribution in [0, 0.1) is 29.6 Å². The molecule has 10 nitrogen and oxygen atoms in total. The van der Waals surface area contributed by atoms with E-state index >= 15 is 0 Å². The van der Waals surface area contributed by atoms with Gasteiger partial charge in [0.05, 0.1) is 28.6 Å². The average molecular weight is 779 g/mol. The van der Waals surface area contributed by atoms with E-state index in [1.54, 1.807) is 19.2 Å². The number of nitrogens with zero attached hydrogens (tertiary/aromatic N) is 3. The molecule has 1 heterocycles. The van der Waals surface area contributed by atoms with Crippen LogP contribution in [-0.2, 0) is 22.5 Å². The molecular formula is C42H49Cl2N3O7. The van der Waals surface area contributed by atoms with Gasteiger partial charge >= 0.3 is 6.09 Å². The number of rotatable bonds is 18. The summed E-state index contributed by atoms with van der Waals surface area (Å²) in [6, 6.07) is 19.9. The molecule has 2 amide bonds. The zero-order valence-electron chi connectivity index (χ0n) is 31.0. The number of likely N-dealkylation sites (tertiary alicyclic amines) is 1. The van der Waals surface area contributed by atoms with Crippen molar-refractivity contribution in [2.75, 3.05) is 46.6 Å². The Morgan fingerprint density at radius 1 is 0.944 bits per heavy atom. The van der Waals surface area contributed by atoms with Crippen molar-refractivity contribution in [2.24, 2.45) is 11.3 Å². The fraction of sp³-hybridized carbons (Fsp3) is 0.500. The van der Waals surface area contributed by atoms with E-state index in [-0.39, 0.29) is 43.0 Å². The number of aryl methyl sites for hydroxylation is 2. The third kappa shape index (κ3) is 10.3. The van der Waals surface area contributed by atoms with Gasteiger partial charge in [-0.1, -0.05) is 41.4 Å². The van der Waals surface area contributed by atoms with Gasteiger partial charge in [0, 0.05) is 51.2 Å². The molecule has 0 radical (unpaired) electrons. The van der Waals surface area contributed by atoms with Crippen molar-refractivity contribution < 1.29 is 33.6 Å². The molecule has 1 N–H and O–H groups in total. The summed E-state index contributed by atoms with van der Waals surface area (Å²) in [5.74, 6) is 1.09. The summed E-state index contributed by atoms with van der Waals surface area (Å²) in [5.41, 5.74) is 3.94. The van der Waals surface area contributed by atoms with E-state index < -0.39 is 12.0 Å². The third-order valence-corrected chi connectivity index (χ3v) is 11.2. The van der Waals surface area contributed by atoms with Gasteiger partial charge in [-0.3, -0.25) is 4.79 Å². The summed E-state index contributed by atoms with van der Waals surface area (Å²) in [5, 5.41) is 20.2. The highest BCUT2D eigenvalue weighted by molar-refractivity contribution is 6.37. The summed E-state index contributed by atoms with van der Waals surface area (Å²) in [4.78, 5) is 30.1. The highest BCUT2D eigenvalue weighted by Crippen LogP contribution is 2.49. The van der Waals surface area contributed by atoms with E-state index in [2.05, 4.69) is 18.2 Å². The molecule has 1 aliphatic heterocycles. The molecular weight excluding hydrogens is 729 g/mol. The van der Waals surface area contributed by atoms with Crippen LogP contribution in [-0.4, -0.2) is 79.6 Å². The van der Waals surface area contributed by atoms with Crippen LogP contribution < -0.4 is 14.2 Å². The number of carboxylic acid groups (broad SMARTS) is 1. The molecule has 3 aromatic carbocycles. The Morgan fingerprint density at radius 2 is 1.65 bits per heavy atom. The predicted molar refractivity (Wildman–Crippen MR) is 207 cm³/mol. The molecule has 0 aromatic heterocycles. The lowest BCUT2D eigenvalue weighted by molar-refractivity contribution is -0.139. The van der Waals surface area contributed by atoms with Crippen molar-refractivity contribution in [2.45, 2.75) is 76.8 Å². The Kier molecular flexibility index (Phi) is 13.2. The Hall–Kier alpha value is -4.17. The number of benzene rings is 3. The largest absolute Gasteiger partial charge is 0.493 e. The molecule has 3 fully saturated rings. The molecule has 2 saturated carbocycles. The number of methoxy groups -OCH3 is 1. The Balaban J connectivity index is 1.15. The van der Waals surface area contributed by atoms with Gasteiger partial charge in [-0.05, 0) is 116 Å². The maximum absolute atomic E-state index is 14.6. The van der Waals surface area contributed by atoms with E-state index in [0.29, 0.717) is 60.7 Å². The molecule has 0 unspecified atom stereocenters. The summed E-state index contributed by atoms with van der Waals surface area (Å²) in [7, 11) is 1.69. The maximum atomic E-state index is 14.6. The van der Waals surface area contributed by atoms with Gasteiger partial charge in [0.2, 0.25) is 5.91 Å². The first-order valence-corrected chi connectivity index (χ1v) is 19.5. The molecule has 6 rings (SSSR count). The first-order chi connectivity index (χ1) is 26.1. The monoisotopic (exact) mass is 777 g/mol. The molecule has 3 aromatic rings. The van der Waals surface area contributed by atoms with Gasteiger partial charge in [-0.25, -0.2) is 4.79 Å². The Labute approximate surface area is 327 Å². The Bertz CT molecular complexity index is 1800. The first kappa shape index (κ1) is 39.5. The molecule has 0 bridgehead atoms. The van der Waals surface area contributed by atoms with Crippen molar-refractivity contribution >= 4 is 35.2 Å². The number of ether oxygens (including phenoxy) is 4. The molecule has 12 heteroatoms. The molecule has 2 aliphatic carbocycles. The molecule has 54 heavy (non-hydrogen) atoms. The highest BCUT2D eigenvalue weighted by atomic mass is 35.5. The predicted octanol–water partition coefficient (Wildman–Crippen LogP) is 8.69. The molecule has 0 spiro atoms. The fourth-order valence-corrected chi connectivity index (χ4v) is 8.02. The summed E-state index contributed by atoms with van der Waals surface area (Å²) < 4.78 is 23.3. The average Bonchev–Trinajstić information content (AvgIpc) is 4.10. The summed E-state index contributed by atoms with van der Waals surface area (Å²) >= 11 is 12.6. The van der Waals surface area contributed by atoms with Crippen molar-refractivity contribution in [3.8, 4) is 23.3 Å². The lowest BCUT2D eigenvalue weighted by Gasteiger charge is -2.39. The van der Waals surface area contributed by atoms with E-state index in [0.717, 1.165) is 66.5 Å². The topological polar surface area (TPSA) is 122 Å². The van der Waals surface area contributed by atoms with Crippen LogP contribution in [0.25, 0.3) is 0 Å². The van der Waals surface area contributed by atoms with Gasteiger partial charge in [0.15, 0.2) is 5.75 Å². The second kappa shape index (κ2) is 18.0. The molecule has 2 atom stereocenters. The van der Waals surface area contributed by atoms with E-state index in [4.69, 9.17) is 42.1 Å². The second-order valence-electron chi connectivity index (χ2n) is 15.0. The standard InChI is InChI=1S/C42H49Cl2N3O7/c1-28-20-37(43)39(38(44)21-28)53-19-18-52-33-9-5-31(6-10-33)35-11-16-46(41(49)50)26-36(35)40(48)47(32-7-8-32)25-30-22-29(4-3-17-51-2)23-34(24-30)54-27-42(12-13-42)14-15-45/h5-6,9-10,20-24,32,35-36H,3-4,7-8,11-14,16-19,25-27H2,1-2H3,(H,49,50)/t35-,36+/m1/s1. The number of amides is 2. The van der Waals surface area contributed by atoms with Gasteiger partial charge in [0.25, 0.3) is 0 Å². The van der Waals surface area contributed by atoms with Crippen LogP contribution in [0.3, 0.4) is 0 Å². The molecule has 1 saturated heterocycles. The van der Waals surface area contributed by atoms with Crippen LogP contribution in [0.5, 0.6) is 17.2 Å². The van der Waals surface area contributed by atoms with Crippen molar-refractivity contribution in [1.29, 1.82) is 5.26 Å². The highest BCUT2D eigenvalue weighted by Gasteiger charge is 2.44. The van der Waals surface area contributed by atoms with Crippen LogP contribution in [0.15, 0.2) is 54.6 Å². The van der Waals surface area contributed by atoms with E-state index in [1.807, 2.05) is 42.2 Å². The lowest BCUT2D eigenvalue weighted by atomic mass is 9.79. The van der Waals surface area contributed by atoms with E-state index in [9.17, 15) is 20.0 Å². The maximum Gasteiger partial charge on any atom is 0.407 e. The van der Waals surface area contributed by atoms with Crippen LogP contribution in [0.1, 0.15) is 73.1 Å². The first-order valence-electron chi connectivity index (χ1n) is 18.8. The van der Waals surface area contributed by atoms with Gasteiger partial charge < -0.3 is 33.9 Å². The summed E-state index contributed by atoms with van der Waals surface area (Å²) in [6.07, 6.45) is 5.47. The van der Waals surface area contributed by atoms with Gasteiger partial charge in [-0.15, -0.1) is 0 Å². The van der Waals surface area contributed by atoms with Gasteiger partial charge in [-0.2, -0.15) is 5.26 Å². The molecule has 288 valence electrons. The normalized spacial score (nSPS) is 18.8. The smallest absolute Gasteiger partial charge is 0.407 e. The number of nitriles is 1. The minimum Gasteiger partial charge on any atom is -0.493 e. The number of hydrogen-bond acceptors (Lipinski definition) is 7. The van der Waals surface area contributed by atoms with Crippen LogP contribution in [0.2, 0.25) is 10.0 Å². The number of piperidine rings is 1. The third-order valence-electron chi connectivity index (χ3n) is 10.7. The Morgan fingerprint density at radius 3 is 2.30 bits per heavy atom. The van der Waals surface area contributed by atoms with Gasteiger partial charge in [0.1, 0.15) is 24.7 Å². The van der Waals surface area contributed by atoms with Crippen LogP contribution in [0.4, 0.5) is 4.79 Å². The summed E-state index contributed by atoms with van der Waals surface area (Å²) in [6.45, 7) is 4.46. The second-order valence-corrected chi connectivity index (χ2v) is 15.8. The number of hydrogen-bond donors (Lipinski definition) is 1. The van der Waals surface area contributed by atoms with Crippen molar-refractivity contribution in [1.82, 2.24) is 9.80 Å². The zero-order chi connectivity index (χ0) is 38.2. The quantitative estimate of drug-likeness (QED) is 0.127. The van der Waals surface area contributed by atoms with Crippen LogP contribution >= 0.6 is 23.2 Å². The van der Waals surface area contributed by atoms with Crippen molar-refractivity contribution in [3.05, 3.63) is 86.9 Å². The molecule has 3 aliphatic rings. The minimum atomic E-state index is -1.02. The number of carbonyl (C=O) groups is 2. The van der Waals surface area contributed by atoms with Crippen molar-refractivity contribution in [3.63, 3.8) is 0 Å². The zero-order valence-corrected chi connectivity index (χ0v) is 32.5. The number of carbonyl (C=O) groups excluding carboxylic acids is 1. The minimum absolute atomic E-state index is 0.0300. The van der Waals surface area contributed by atoms with E-state index in [1.165, 1.54) is 4.90 Å². The SMILES string of the molecule is COCCCc1cc(CN(C(=O)[C@H]2CN(C(=O)O)CC[C@@H]2c2ccc(OCCOc3c(Cl)cc(C)cc3Cl)cc2)C2CC2)cc(OCC2(CC#N)CC2)c1. The number of halogens is 2.